The molecule has 1 rings (SSSR count). The molecule has 0 aliphatic rings. The molecule has 1 aromatic rings. The summed E-state index contributed by atoms with van der Waals surface area (Å²) in [4.78, 5) is 21.6. The molecule has 1 atom stereocenters. The number of nitrogens with two attached hydrogens (primary N) is 1. The van der Waals surface area contributed by atoms with E-state index in [9.17, 15) is 18.4 Å². The van der Waals surface area contributed by atoms with Gasteiger partial charge < -0.3 is 16.2 Å². The van der Waals surface area contributed by atoms with Crippen molar-refractivity contribution in [2.45, 2.75) is 12.5 Å². The van der Waals surface area contributed by atoms with Crippen LogP contribution < -0.4 is 11.1 Å². The lowest BCUT2D eigenvalue weighted by Gasteiger charge is -2.08. The second kappa shape index (κ2) is 5.35. The van der Waals surface area contributed by atoms with E-state index in [1.165, 1.54) is 0 Å². The Bertz CT molecular complexity index is 451. The highest BCUT2D eigenvalue weighted by Gasteiger charge is 2.17. The third kappa shape index (κ3) is 3.80. The number of benzene rings is 1. The molecule has 0 bridgehead atoms. The summed E-state index contributed by atoms with van der Waals surface area (Å²) in [5.41, 5.74) is 4.76. The molecular formula is C10H10F2N2O3. The van der Waals surface area contributed by atoms with Gasteiger partial charge in [-0.25, -0.2) is 8.78 Å². The zero-order chi connectivity index (χ0) is 13.0. The highest BCUT2D eigenvalue weighted by molar-refractivity contribution is 5.94. The molecule has 1 amide bonds. The first-order valence-corrected chi connectivity index (χ1v) is 4.63. The van der Waals surface area contributed by atoms with E-state index in [0.717, 1.165) is 18.2 Å². The van der Waals surface area contributed by atoms with Crippen LogP contribution in [0.2, 0.25) is 0 Å². The highest BCUT2D eigenvalue weighted by atomic mass is 19.1. The van der Waals surface area contributed by atoms with Gasteiger partial charge in [-0.05, 0) is 12.1 Å². The normalized spacial score (nSPS) is 11.9. The number of amides is 1. The molecule has 4 N–H and O–H groups in total. The quantitative estimate of drug-likeness (QED) is 0.727. The first kappa shape index (κ1) is 13.0. The Morgan fingerprint density at radius 1 is 1.41 bits per heavy atom. The maximum Gasteiger partial charge on any atom is 0.321 e. The van der Waals surface area contributed by atoms with Gasteiger partial charge in [-0.3, -0.25) is 9.59 Å². The van der Waals surface area contributed by atoms with Gasteiger partial charge in [0, 0.05) is 6.07 Å². The Kier molecular flexibility index (Phi) is 4.11. The lowest BCUT2D eigenvalue weighted by Crippen LogP contribution is -2.34. The smallest absolute Gasteiger partial charge is 0.321 e. The highest BCUT2D eigenvalue weighted by Crippen LogP contribution is 2.15. The second-order valence-electron chi connectivity index (χ2n) is 3.32. The van der Waals surface area contributed by atoms with Crippen LogP contribution in [0.4, 0.5) is 14.5 Å². The van der Waals surface area contributed by atoms with Crippen molar-refractivity contribution in [2.24, 2.45) is 5.73 Å². The van der Waals surface area contributed by atoms with Crippen LogP contribution in [-0.4, -0.2) is 23.0 Å². The van der Waals surface area contributed by atoms with Crippen LogP contribution in [0.5, 0.6) is 0 Å². The van der Waals surface area contributed by atoms with Gasteiger partial charge in [-0.1, -0.05) is 0 Å². The number of carbonyl (C=O) groups is 2. The van der Waals surface area contributed by atoms with E-state index >= 15 is 0 Å². The van der Waals surface area contributed by atoms with Gasteiger partial charge in [0.2, 0.25) is 5.91 Å². The van der Waals surface area contributed by atoms with E-state index in [2.05, 4.69) is 0 Å². The van der Waals surface area contributed by atoms with Crippen LogP contribution in [0, 0.1) is 11.6 Å². The minimum atomic E-state index is -1.38. The predicted molar refractivity (Wildman–Crippen MR) is 55.2 cm³/mol. The number of halogens is 2. The van der Waals surface area contributed by atoms with Crippen molar-refractivity contribution in [3.63, 3.8) is 0 Å². The minimum Gasteiger partial charge on any atom is -0.480 e. The van der Waals surface area contributed by atoms with Crippen molar-refractivity contribution in [3.8, 4) is 0 Å². The van der Waals surface area contributed by atoms with Crippen molar-refractivity contribution in [1.82, 2.24) is 0 Å². The van der Waals surface area contributed by atoms with E-state index in [4.69, 9.17) is 10.8 Å². The SMILES string of the molecule is NC(CC(=O)Nc1cc(F)ccc1F)C(=O)O. The van der Waals surface area contributed by atoms with Crippen LogP contribution in [0.25, 0.3) is 0 Å². The molecule has 92 valence electrons. The number of carbonyl (C=O) groups excluding carboxylic acids is 1. The van der Waals surface area contributed by atoms with Crippen molar-refractivity contribution < 1.29 is 23.5 Å². The standard InChI is InChI=1S/C10H10F2N2O3/c11-5-1-2-6(12)8(3-5)14-9(15)4-7(13)10(16)17/h1-3,7H,4,13H2,(H,14,15)(H,16,17). The van der Waals surface area contributed by atoms with E-state index in [0.29, 0.717) is 0 Å². The van der Waals surface area contributed by atoms with Crippen molar-refractivity contribution in [1.29, 1.82) is 0 Å². The summed E-state index contributed by atoms with van der Waals surface area (Å²) in [5.74, 6) is -3.68. The number of nitrogens with one attached hydrogen (secondary N) is 1. The maximum absolute atomic E-state index is 13.1. The van der Waals surface area contributed by atoms with Crippen LogP contribution in [0.3, 0.4) is 0 Å². The molecule has 7 heteroatoms. The van der Waals surface area contributed by atoms with Gasteiger partial charge in [0.1, 0.15) is 17.7 Å². The number of aliphatic carboxylic acids is 1. The molecule has 0 saturated heterocycles. The van der Waals surface area contributed by atoms with E-state index in [1.54, 1.807) is 0 Å². The van der Waals surface area contributed by atoms with Crippen LogP contribution in [-0.2, 0) is 9.59 Å². The number of hydrogen-bond donors (Lipinski definition) is 3. The number of carboxylic acid groups (broad SMARTS) is 1. The number of anilines is 1. The van der Waals surface area contributed by atoms with Gasteiger partial charge >= 0.3 is 5.97 Å². The zero-order valence-electron chi connectivity index (χ0n) is 8.61. The van der Waals surface area contributed by atoms with E-state index in [-0.39, 0.29) is 5.69 Å². The molecule has 0 fully saturated rings. The molecular weight excluding hydrogens is 234 g/mol. The van der Waals surface area contributed by atoms with Crippen molar-refractivity contribution in [3.05, 3.63) is 29.8 Å². The van der Waals surface area contributed by atoms with E-state index < -0.39 is 36.0 Å². The fourth-order valence-corrected chi connectivity index (χ4v) is 1.08. The Labute approximate surface area is 95.2 Å². The third-order valence-electron chi connectivity index (χ3n) is 1.93. The second-order valence-corrected chi connectivity index (χ2v) is 3.32. The summed E-state index contributed by atoms with van der Waals surface area (Å²) in [7, 11) is 0. The summed E-state index contributed by atoms with van der Waals surface area (Å²) in [6, 6.07) is 1.15. The van der Waals surface area contributed by atoms with Gasteiger partial charge in [-0.15, -0.1) is 0 Å². The van der Waals surface area contributed by atoms with Gasteiger partial charge in [0.25, 0.3) is 0 Å². The maximum atomic E-state index is 13.1. The Morgan fingerprint density at radius 3 is 2.65 bits per heavy atom. The van der Waals surface area contributed by atoms with Gasteiger partial charge in [0.15, 0.2) is 0 Å². The first-order chi connectivity index (χ1) is 7.90. The molecule has 0 saturated carbocycles. The molecule has 0 aromatic heterocycles. The lowest BCUT2D eigenvalue weighted by molar-refractivity contribution is -0.140. The van der Waals surface area contributed by atoms with Crippen LogP contribution >= 0.6 is 0 Å². The molecule has 0 heterocycles. The summed E-state index contributed by atoms with van der Waals surface area (Å²) >= 11 is 0. The van der Waals surface area contributed by atoms with Gasteiger partial charge in [-0.2, -0.15) is 0 Å². The van der Waals surface area contributed by atoms with Crippen LogP contribution in [0.15, 0.2) is 18.2 Å². The predicted octanol–water partition coefficient (Wildman–Crippen LogP) is 0.705. The van der Waals surface area contributed by atoms with Crippen molar-refractivity contribution >= 4 is 17.6 Å². The number of hydrogen-bond acceptors (Lipinski definition) is 3. The summed E-state index contributed by atoms with van der Waals surface area (Å²) in [6.45, 7) is 0. The topological polar surface area (TPSA) is 92.4 Å². The summed E-state index contributed by atoms with van der Waals surface area (Å²) in [5, 5.41) is 10.5. The third-order valence-corrected chi connectivity index (χ3v) is 1.93. The lowest BCUT2D eigenvalue weighted by atomic mass is 10.2. The number of rotatable bonds is 4. The summed E-state index contributed by atoms with van der Waals surface area (Å²) < 4.78 is 25.8. The van der Waals surface area contributed by atoms with Crippen LogP contribution in [0.1, 0.15) is 6.42 Å². The molecule has 0 radical (unpaired) electrons. The molecule has 0 aliphatic heterocycles. The zero-order valence-corrected chi connectivity index (χ0v) is 8.61. The molecule has 1 aromatic carbocycles. The molecule has 5 nitrogen and oxygen atoms in total. The van der Waals surface area contributed by atoms with E-state index in [1.807, 2.05) is 5.32 Å². The molecule has 0 spiro atoms. The fourth-order valence-electron chi connectivity index (χ4n) is 1.08. The van der Waals surface area contributed by atoms with Crippen molar-refractivity contribution in [2.75, 3.05) is 5.32 Å². The minimum absolute atomic E-state index is 0.354. The Morgan fingerprint density at radius 2 is 2.06 bits per heavy atom. The monoisotopic (exact) mass is 244 g/mol. The molecule has 1 unspecified atom stereocenters. The molecule has 0 aliphatic carbocycles. The fraction of sp³-hybridized carbons (Fsp3) is 0.200. The van der Waals surface area contributed by atoms with Gasteiger partial charge in [0.05, 0.1) is 12.1 Å². The summed E-state index contributed by atoms with van der Waals surface area (Å²) in [6.07, 6.45) is -0.523. The largest absolute Gasteiger partial charge is 0.480 e. The number of carboxylic acids is 1. The Hall–Kier alpha value is -2.02. The first-order valence-electron chi connectivity index (χ1n) is 4.63. The molecule has 17 heavy (non-hydrogen) atoms. The Balaban J connectivity index is 2.68. The average Bonchev–Trinajstić information content (AvgIpc) is 2.23. The average molecular weight is 244 g/mol.